The quantitative estimate of drug-likeness (QED) is 0.447. The van der Waals surface area contributed by atoms with Gasteiger partial charge in [0.15, 0.2) is 0 Å². The molecule has 170 valence electrons. The molecule has 2 aromatic heterocycles. The first-order valence-corrected chi connectivity index (χ1v) is 11.9. The maximum absolute atomic E-state index is 12.6. The van der Waals surface area contributed by atoms with Gasteiger partial charge < -0.3 is 20.5 Å². The minimum absolute atomic E-state index is 0.0264. The molecule has 0 radical (unpaired) electrons. The molecule has 0 bridgehead atoms. The van der Waals surface area contributed by atoms with Crippen molar-refractivity contribution in [1.29, 1.82) is 0 Å². The van der Waals surface area contributed by atoms with E-state index in [1.807, 2.05) is 48.5 Å². The average Bonchev–Trinajstić information content (AvgIpc) is 3.23. The van der Waals surface area contributed by atoms with Crippen LogP contribution in [0.5, 0.6) is 0 Å². The van der Waals surface area contributed by atoms with Crippen LogP contribution >= 0.6 is 11.3 Å². The van der Waals surface area contributed by atoms with E-state index in [0.29, 0.717) is 24.0 Å². The Morgan fingerprint density at radius 3 is 2.76 bits per heavy atom. The highest BCUT2D eigenvalue weighted by molar-refractivity contribution is 7.12. The third-order valence-corrected chi connectivity index (χ3v) is 7.31. The fourth-order valence-corrected chi connectivity index (χ4v) is 5.25. The molecule has 33 heavy (non-hydrogen) atoms. The van der Waals surface area contributed by atoms with Crippen LogP contribution < -0.4 is 10.4 Å². The molecule has 3 atom stereocenters. The number of rotatable bonds is 5. The second-order valence-corrected chi connectivity index (χ2v) is 9.48. The Hall–Kier alpha value is -3.14. The van der Waals surface area contributed by atoms with Crippen LogP contribution in [0.25, 0.3) is 0 Å². The number of amides is 1. The van der Waals surface area contributed by atoms with Crippen molar-refractivity contribution in [3.8, 4) is 0 Å². The summed E-state index contributed by atoms with van der Waals surface area (Å²) < 4.78 is 0. The molecule has 1 aliphatic heterocycles. The standard InChI is InChI=1S/C24H26N6O2S/c1-15-14-33-24(26-15)30(32)13-16-7-9-18(10-8-16)27-23-25-12-17-11-21(31)29(2)20-6-4-3-5-19(20)22(17)28-23/h3-4,7-10,12,14,19-20,30H,5-6,11,13H2,1-2H3,(H,25,27,28). The van der Waals surface area contributed by atoms with Crippen LogP contribution in [0.3, 0.4) is 0 Å². The van der Waals surface area contributed by atoms with Crippen molar-refractivity contribution in [3.05, 3.63) is 75.7 Å². The van der Waals surface area contributed by atoms with Crippen LogP contribution in [0.4, 0.5) is 16.8 Å². The Balaban J connectivity index is 1.32. The van der Waals surface area contributed by atoms with E-state index in [1.54, 1.807) is 6.20 Å². The topological polar surface area (TPSA) is 98.5 Å². The molecule has 0 saturated carbocycles. The maximum Gasteiger partial charge on any atom is 0.284 e. The molecule has 0 saturated heterocycles. The molecule has 5 rings (SSSR count). The number of carbonyl (C=O) groups is 1. The third-order valence-electron chi connectivity index (χ3n) is 6.31. The lowest BCUT2D eigenvalue weighted by Gasteiger charge is -2.33. The van der Waals surface area contributed by atoms with Gasteiger partial charge in [0.2, 0.25) is 11.9 Å². The zero-order valence-corrected chi connectivity index (χ0v) is 19.4. The van der Waals surface area contributed by atoms with Gasteiger partial charge in [-0.15, -0.1) is 0 Å². The SMILES string of the molecule is Cc1csc([NH+]([O-])Cc2ccc(Nc3ncc4c(n3)C3CC=CCC3N(C)C(=O)C4)cc2)n1. The van der Waals surface area contributed by atoms with E-state index in [4.69, 9.17) is 4.98 Å². The number of nitrogens with zero attached hydrogens (tertiary/aromatic N) is 4. The normalized spacial score (nSPS) is 20.7. The minimum atomic E-state index is 0.0264. The fourth-order valence-electron chi connectivity index (χ4n) is 4.51. The first-order chi connectivity index (χ1) is 16.0. The van der Waals surface area contributed by atoms with Crippen LogP contribution in [0.1, 0.15) is 41.3 Å². The van der Waals surface area contributed by atoms with E-state index in [-0.39, 0.29) is 22.9 Å². The number of quaternary nitrogens is 1. The highest BCUT2D eigenvalue weighted by atomic mass is 32.1. The number of thiazole rings is 1. The number of hydroxylamine groups is 1. The van der Waals surface area contributed by atoms with Crippen molar-refractivity contribution in [1.82, 2.24) is 19.9 Å². The summed E-state index contributed by atoms with van der Waals surface area (Å²) in [7, 11) is 1.89. The van der Waals surface area contributed by atoms with Gasteiger partial charge >= 0.3 is 0 Å². The molecule has 9 heteroatoms. The van der Waals surface area contributed by atoms with Gasteiger partial charge in [0.25, 0.3) is 5.13 Å². The number of aromatic nitrogens is 3. The van der Waals surface area contributed by atoms with Crippen molar-refractivity contribution in [2.45, 2.75) is 44.7 Å². The lowest BCUT2D eigenvalue weighted by atomic mass is 9.85. The van der Waals surface area contributed by atoms with Crippen LogP contribution in [0.15, 0.2) is 48.0 Å². The number of carbonyl (C=O) groups excluding carboxylic acids is 1. The maximum atomic E-state index is 12.6. The van der Waals surface area contributed by atoms with Crippen molar-refractivity contribution in [3.63, 3.8) is 0 Å². The number of anilines is 2. The Bertz CT molecular complexity index is 1190. The summed E-state index contributed by atoms with van der Waals surface area (Å²) in [6.45, 7) is 2.21. The molecule has 3 unspecified atom stereocenters. The summed E-state index contributed by atoms with van der Waals surface area (Å²) in [5.41, 5.74) is 4.51. The molecule has 1 aliphatic carbocycles. The number of benzene rings is 1. The van der Waals surface area contributed by atoms with Gasteiger partial charge in [0.05, 0.1) is 17.8 Å². The molecule has 8 nitrogen and oxygen atoms in total. The van der Waals surface area contributed by atoms with Crippen LogP contribution in [0, 0.1) is 12.1 Å². The lowest BCUT2D eigenvalue weighted by Crippen LogP contribution is -3.00. The van der Waals surface area contributed by atoms with E-state index in [2.05, 4.69) is 27.4 Å². The van der Waals surface area contributed by atoms with Crippen LogP contribution in [-0.4, -0.2) is 38.8 Å². The molecular formula is C24H26N6O2S. The van der Waals surface area contributed by atoms with Crippen molar-refractivity contribution in [2.75, 3.05) is 12.4 Å². The number of likely N-dealkylation sites (N-methyl/N-ethyl adjacent to an activating group) is 1. The van der Waals surface area contributed by atoms with Gasteiger partial charge in [0, 0.05) is 47.4 Å². The molecule has 2 N–H and O–H groups in total. The largest absolute Gasteiger partial charge is 0.627 e. The molecule has 1 aromatic carbocycles. The second-order valence-electron chi connectivity index (χ2n) is 8.62. The summed E-state index contributed by atoms with van der Waals surface area (Å²) in [4.78, 5) is 28.1. The summed E-state index contributed by atoms with van der Waals surface area (Å²) in [5.74, 6) is 0.801. The number of allylic oxidation sites excluding steroid dienone is 1. The van der Waals surface area contributed by atoms with Gasteiger partial charge in [-0.05, 0) is 31.9 Å². The highest BCUT2D eigenvalue weighted by Crippen LogP contribution is 2.36. The van der Waals surface area contributed by atoms with Gasteiger partial charge in [-0.25, -0.2) is 9.97 Å². The first kappa shape index (κ1) is 21.7. The molecule has 1 amide bonds. The van der Waals surface area contributed by atoms with Gasteiger partial charge in [-0.2, -0.15) is 4.98 Å². The molecular weight excluding hydrogens is 436 g/mol. The summed E-state index contributed by atoms with van der Waals surface area (Å²) in [5, 5.41) is 18.1. The summed E-state index contributed by atoms with van der Waals surface area (Å²) in [6, 6.07) is 7.84. The minimum Gasteiger partial charge on any atom is -0.627 e. The summed E-state index contributed by atoms with van der Waals surface area (Å²) in [6.07, 6.45) is 8.16. The van der Waals surface area contributed by atoms with Crippen molar-refractivity contribution in [2.24, 2.45) is 0 Å². The number of nitrogens with one attached hydrogen (secondary N) is 2. The van der Waals surface area contributed by atoms with Gasteiger partial charge in [-0.3, -0.25) is 4.79 Å². The van der Waals surface area contributed by atoms with Gasteiger partial charge in [0.1, 0.15) is 6.54 Å². The zero-order chi connectivity index (χ0) is 22.9. The molecule has 0 fully saturated rings. The van der Waals surface area contributed by atoms with E-state index in [9.17, 15) is 10.0 Å². The molecule has 3 aromatic rings. The Labute approximate surface area is 196 Å². The lowest BCUT2D eigenvalue weighted by molar-refractivity contribution is -0.791. The average molecular weight is 463 g/mol. The predicted octanol–water partition coefficient (Wildman–Crippen LogP) is 3.02. The smallest absolute Gasteiger partial charge is 0.284 e. The highest BCUT2D eigenvalue weighted by Gasteiger charge is 2.36. The van der Waals surface area contributed by atoms with E-state index in [1.165, 1.54) is 11.3 Å². The van der Waals surface area contributed by atoms with E-state index >= 15 is 0 Å². The predicted molar refractivity (Wildman–Crippen MR) is 128 cm³/mol. The number of fused-ring (bicyclic) bond motifs is 3. The molecule has 0 spiro atoms. The van der Waals surface area contributed by atoms with Crippen molar-refractivity contribution >= 4 is 34.0 Å². The van der Waals surface area contributed by atoms with Crippen LogP contribution in [-0.2, 0) is 17.8 Å². The van der Waals surface area contributed by atoms with E-state index in [0.717, 1.165) is 41.0 Å². The Morgan fingerprint density at radius 2 is 2.00 bits per heavy atom. The van der Waals surface area contributed by atoms with E-state index < -0.39 is 0 Å². The monoisotopic (exact) mass is 462 g/mol. The Kier molecular flexibility index (Phi) is 5.92. The summed E-state index contributed by atoms with van der Waals surface area (Å²) >= 11 is 1.38. The van der Waals surface area contributed by atoms with Crippen LogP contribution in [0.2, 0.25) is 0 Å². The molecule has 2 aliphatic rings. The number of aryl methyl sites for hydroxylation is 1. The number of hydrogen-bond acceptors (Lipinski definition) is 7. The first-order valence-electron chi connectivity index (χ1n) is 11.1. The molecule has 3 heterocycles. The third kappa shape index (κ3) is 4.52. The fraction of sp³-hybridized carbons (Fsp3) is 0.333. The van der Waals surface area contributed by atoms with Crippen molar-refractivity contribution < 1.29 is 9.86 Å². The zero-order valence-electron chi connectivity index (χ0n) is 18.6. The Morgan fingerprint density at radius 1 is 1.21 bits per heavy atom. The number of hydrogen-bond donors (Lipinski definition) is 2. The second kappa shape index (κ2) is 9.01. The van der Waals surface area contributed by atoms with Gasteiger partial charge in [-0.1, -0.05) is 35.6 Å².